The smallest absolute Gasteiger partial charge is 0.247 e. The Morgan fingerprint density at radius 3 is 2.83 bits per heavy atom. The van der Waals surface area contributed by atoms with Crippen LogP contribution in [0.2, 0.25) is 0 Å². The third kappa shape index (κ3) is 2.83. The minimum Gasteiger partial charge on any atom is -0.496 e. The van der Waals surface area contributed by atoms with Gasteiger partial charge >= 0.3 is 0 Å². The van der Waals surface area contributed by atoms with Crippen molar-refractivity contribution in [3.63, 3.8) is 0 Å². The topological polar surface area (TPSA) is 75.8 Å². The number of nitrogens with zero attached hydrogens (tertiary/aromatic N) is 1. The van der Waals surface area contributed by atoms with E-state index in [0.29, 0.717) is 12.3 Å². The van der Waals surface area contributed by atoms with Gasteiger partial charge in [0.05, 0.1) is 7.11 Å². The standard InChI is InChI=1S/C18H26N2O3/c1-23-16-4-2-3-15-14(16)5-9-18(15,19)17(22)20-10-6-13(7-11-20)8-12-21/h2-4,13,21H,5-12,19H2,1H3. The lowest BCUT2D eigenvalue weighted by molar-refractivity contribution is -0.138. The predicted molar refractivity (Wildman–Crippen MR) is 88.2 cm³/mol. The fraction of sp³-hybridized carbons (Fsp3) is 0.611. The molecule has 1 aliphatic carbocycles. The van der Waals surface area contributed by atoms with Crippen LogP contribution in [0.4, 0.5) is 0 Å². The molecule has 0 saturated carbocycles. The van der Waals surface area contributed by atoms with Crippen molar-refractivity contribution in [1.82, 2.24) is 4.90 Å². The molecular weight excluding hydrogens is 292 g/mol. The van der Waals surface area contributed by atoms with Crippen molar-refractivity contribution in [2.45, 2.75) is 37.6 Å². The molecule has 23 heavy (non-hydrogen) atoms. The molecule has 0 aromatic heterocycles. The third-order valence-electron chi connectivity index (χ3n) is 5.42. The normalized spacial score (nSPS) is 24.6. The Labute approximate surface area is 137 Å². The number of aliphatic hydroxyl groups is 1. The van der Waals surface area contributed by atoms with E-state index in [1.165, 1.54) is 0 Å². The van der Waals surface area contributed by atoms with E-state index in [4.69, 9.17) is 15.6 Å². The maximum absolute atomic E-state index is 13.1. The zero-order valence-corrected chi connectivity index (χ0v) is 13.8. The number of ether oxygens (including phenoxy) is 1. The number of hydrogen-bond donors (Lipinski definition) is 2. The molecule has 2 aliphatic rings. The van der Waals surface area contributed by atoms with Crippen LogP contribution in [0.25, 0.3) is 0 Å². The monoisotopic (exact) mass is 318 g/mol. The molecule has 1 unspecified atom stereocenters. The summed E-state index contributed by atoms with van der Waals surface area (Å²) in [5, 5.41) is 9.05. The van der Waals surface area contributed by atoms with Crippen molar-refractivity contribution < 1.29 is 14.6 Å². The molecule has 0 radical (unpaired) electrons. The second-order valence-electron chi connectivity index (χ2n) is 6.71. The first-order valence-corrected chi connectivity index (χ1v) is 8.45. The molecule has 1 saturated heterocycles. The summed E-state index contributed by atoms with van der Waals surface area (Å²) < 4.78 is 5.41. The average Bonchev–Trinajstić information content (AvgIpc) is 2.94. The van der Waals surface area contributed by atoms with Crippen LogP contribution in [-0.2, 0) is 16.8 Å². The quantitative estimate of drug-likeness (QED) is 0.880. The largest absolute Gasteiger partial charge is 0.496 e. The summed E-state index contributed by atoms with van der Waals surface area (Å²) in [6.07, 6.45) is 4.15. The van der Waals surface area contributed by atoms with Crippen molar-refractivity contribution >= 4 is 5.91 Å². The third-order valence-corrected chi connectivity index (χ3v) is 5.42. The maximum atomic E-state index is 13.1. The Hall–Kier alpha value is -1.59. The highest BCUT2D eigenvalue weighted by atomic mass is 16.5. The molecular formula is C18H26N2O3. The highest BCUT2D eigenvalue weighted by Crippen LogP contribution is 2.41. The molecule has 126 valence electrons. The lowest BCUT2D eigenvalue weighted by atomic mass is 9.88. The number of amides is 1. The zero-order chi connectivity index (χ0) is 16.4. The highest BCUT2D eigenvalue weighted by molar-refractivity contribution is 5.89. The highest BCUT2D eigenvalue weighted by Gasteiger charge is 2.45. The van der Waals surface area contributed by atoms with E-state index in [9.17, 15) is 4.79 Å². The number of nitrogens with two attached hydrogens (primary N) is 1. The lowest BCUT2D eigenvalue weighted by Crippen LogP contribution is -2.53. The van der Waals surface area contributed by atoms with E-state index >= 15 is 0 Å². The molecule has 1 heterocycles. The number of aliphatic hydroxyl groups excluding tert-OH is 1. The SMILES string of the molecule is COc1cccc2c1CCC2(N)C(=O)N1CCC(CCO)CC1. The van der Waals surface area contributed by atoms with Gasteiger partial charge in [0.1, 0.15) is 11.3 Å². The number of piperidine rings is 1. The van der Waals surface area contributed by atoms with Gasteiger partial charge < -0.3 is 20.5 Å². The van der Waals surface area contributed by atoms with Crippen molar-refractivity contribution in [3.05, 3.63) is 29.3 Å². The molecule has 1 amide bonds. The summed E-state index contributed by atoms with van der Waals surface area (Å²) >= 11 is 0. The van der Waals surface area contributed by atoms with E-state index in [2.05, 4.69) is 0 Å². The van der Waals surface area contributed by atoms with Gasteiger partial charge in [-0.15, -0.1) is 0 Å². The summed E-state index contributed by atoms with van der Waals surface area (Å²) in [6.45, 7) is 1.70. The molecule has 5 nitrogen and oxygen atoms in total. The van der Waals surface area contributed by atoms with Crippen LogP contribution >= 0.6 is 0 Å². The predicted octanol–water partition coefficient (Wildman–Crippen LogP) is 1.42. The van der Waals surface area contributed by atoms with Crippen molar-refractivity contribution in [3.8, 4) is 5.75 Å². The van der Waals surface area contributed by atoms with Gasteiger partial charge in [0.25, 0.3) is 0 Å². The molecule has 5 heteroatoms. The molecule has 1 aromatic rings. The molecule has 3 rings (SSSR count). The van der Waals surface area contributed by atoms with Gasteiger partial charge in [0.2, 0.25) is 5.91 Å². The lowest BCUT2D eigenvalue weighted by Gasteiger charge is -2.37. The average molecular weight is 318 g/mol. The molecule has 1 fully saturated rings. The Morgan fingerprint density at radius 1 is 1.43 bits per heavy atom. The molecule has 0 bridgehead atoms. The van der Waals surface area contributed by atoms with Gasteiger partial charge in [-0.1, -0.05) is 12.1 Å². The first-order valence-electron chi connectivity index (χ1n) is 8.45. The van der Waals surface area contributed by atoms with Crippen LogP contribution < -0.4 is 10.5 Å². The Balaban J connectivity index is 1.77. The fourth-order valence-electron chi connectivity index (χ4n) is 4.00. The molecule has 3 N–H and O–H groups in total. The van der Waals surface area contributed by atoms with E-state index in [0.717, 1.165) is 55.6 Å². The number of benzene rings is 1. The number of rotatable bonds is 4. The molecule has 0 spiro atoms. The summed E-state index contributed by atoms with van der Waals surface area (Å²) in [5.41, 5.74) is 7.64. The van der Waals surface area contributed by atoms with Crippen LogP contribution in [0.5, 0.6) is 5.75 Å². The summed E-state index contributed by atoms with van der Waals surface area (Å²) in [5.74, 6) is 1.38. The number of hydrogen-bond acceptors (Lipinski definition) is 4. The summed E-state index contributed by atoms with van der Waals surface area (Å²) in [6, 6.07) is 5.79. The number of carbonyl (C=O) groups is 1. The molecule has 1 aliphatic heterocycles. The fourth-order valence-corrected chi connectivity index (χ4v) is 4.00. The second kappa shape index (κ2) is 6.49. The van der Waals surface area contributed by atoms with Crippen LogP contribution in [0.3, 0.4) is 0 Å². The van der Waals surface area contributed by atoms with Gasteiger partial charge in [-0.25, -0.2) is 0 Å². The minimum absolute atomic E-state index is 0.0342. The van der Waals surface area contributed by atoms with Gasteiger partial charge in [0.15, 0.2) is 0 Å². The first-order chi connectivity index (χ1) is 11.1. The zero-order valence-electron chi connectivity index (χ0n) is 13.8. The number of likely N-dealkylation sites (tertiary alicyclic amines) is 1. The van der Waals surface area contributed by atoms with Gasteiger partial charge in [0, 0.05) is 19.7 Å². The van der Waals surface area contributed by atoms with Crippen LogP contribution in [0, 0.1) is 5.92 Å². The van der Waals surface area contributed by atoms with E-state index in [1.807, 2.05) is 23.1 Å². The van der Waals surface area contributed by atoms with Gasteiger partial charge in [-0.05, 0) is 55.2 Å². The summed E-state index contributed by atoms with van der Waals surface area (Å²) in [7, 11) is 1.65. The number of fused-ring (bicyclic) bond motifs is 1. The minimum atomic E-state index is -0.923. The van der Waals surface area contributed by atoms with Crippen LogP contribution in [0.15, 0.2) is 18.2 Å². The van der Waals surface area contributed by atoms with Crippen LogP contribution in [-0.4, -0.2) is 42.7 Å². The van der Waals surface area contributed by atoms with Gasteiger partial charge in [-0.2, -0.15) is 0 Å². The Morgan fingerprint density at radius 2 is 2.17 bits per heavy atom. The summed E-state index contributed by atoms with van der Waals surface area (Å²) in [4.78, 5) is 15.0. The van der Waals surface area contributed by atoms with Crippen molar-refractivity contribution in [2.24, 2.45) is 11.7 Å². The van der Waals surface area contributed by atoms with Crippen molar-refractivity contribution in [2.75, 3.05) is 26.8 Å². The maximum Gasteiger partial charge on any atom is 0.247 e. The number of carbonyl (C=O) groups excluding carboxylic acids is 1. The molecule has 1 aromatic carbocycles. The van der Waals surface area contributed by atoms with E-state index < -0.39 is 5.54 Å². The Kier molecular flexibility index (Phi) is 4.60. The van der Waals surface area contributed by atoms with E-state index in [-0.39, 0.29) is 12.5 Å². The second-order valence-corrected chi connectivity index (χ2v) is 6.71. The van der Waals surface area contributed by atoms with Crippen LogP contribution in [0.1, 0.15) is 36.8 Å². The Bertz CT molecular complexity index is 582. The van der Waals surface area contributed by atoms with Gasteiger partial charge in [-0.3, -0.25) is 4.79 Å². The molecule has 1 atom stereocenters. The van der Waals surface area contributed by atoms with Crippen molar-refractivity contribution in [1.29, 1.82) is 0 Å². The number of methoxy groups -OCH3 is 1. The first kappa shape index (κ1) is 16.3. The van der Waals surface area contributed by atoms with E-state index in [1.54, 1.807) is 7.11 Å².